The minimum absolute atomic E-state index is 0.0550. The summed E-state index contributed by atoms with van der Waals surface area (Å²) < 4.78 is 0.930. The highest BCUT2D eigenvalue weighted by Crippen LogP contribution is 2.22. The molecule has 1 N–H and O–H groups in total. The monoisotopic (exact) mass is 299 g/mol. The number of nitrogens with zero attached hydrogens (tertiary/aromatic N) is 1. The largest absolute Gasteiger partial charge is 0.396 e. The summed E-state index contributed by atoms with van der Waals surface area (Å²) in [6.45, 7) is 3.76. The number of amides is 1. The first kappa shape index (κ1) is 14.2. The molecule has 0 aromatic heterocycles. The molecular weight excluding hydrogens is 282 g/mol. The van der Waals surface area contributed by atoms with Crippen molar-refractivity contribution in [2.24, 2.45) is 11.8 Å². The quantitative estimate of drug-likeness (QED) is 0.928. The minimum Gasteiger partial charge on any atom is -0.396 e. The first-order valence-corrected chi connectivity index (χ1v) is 6.40. The van der Waals surface area contributed by atoms with E-state index in [9.17, 15) is 9.90 Å². The maximum Gasteiger partial charge on any atom is 0.232 e. The lowest BCUT2D eigenvalue weighted by atomic mass is 9.95. The van der Waals surface area contributed by atoms with Crippen molar-refractivity contribution in [1.29, 1.82) is 0 Å². The molecule has 3 nitrogen and oxygen atoms in total. The van der Waals surface area contributed by atoms with Gasteiger partial charge in [0, 0.05) is 17.2 Å². The number of carbonyl (C=O) groups is 1. The van der Waals surface area contributed by atoms with Crippen molar-refractivity contribution in [2.75, 3.05) is 18.6 Å². The van der Waals surface area contributed by atoms with E-state index in [2.05, 4.69) is 15.9 Å². The summed E-state index contributed by atoms with van der Waals surface area (Å²) in [6.07, 6.45) is 0. The number of hydrogen-bond acceptors (Lipinski definition) is 2. The Morgan fingerprint density at radius 3 is 2.59 bits per heavy atom. The van der Waals surface area contributed by atoms with E-state index < -0.39 is 0 Å². The van der Waals surface area contributed by atoms with Crippen LogP contribution in [0.1, 0.15) is 13.8 Å². The smallest absolute Gasteiger partial charge is 0.232 e. The third-order valence-corrected chi connectivity index (χ3v) is 3.34. The number of halogens is 1. The molecule has 0 spiro atoms. The molecule has 0 aliphatic heterocycles. The number of aliphatic hydroxyl groups is 1. The molecule has 1 aromatic carbocycles. The highest BCUT2D eigenvalue weighted by molar-refractivity contribution is 9.10. The first-order valence-electron chi connectivity index (χ1n) is 5.61. The zero-order chi connectivity index (χ0) is 13.0. The van der Waals surface area contributed by atoms with E-state index in [-0.39, 0.29) is 24.3 Å². The Bertz CT molecular complexity index is 393. The predicted octanol–water partition coefficient (Wildman–Crippen LogP) is 2.68. The highest BCUT2D eigenvalue weighted by Gasteiger charge is 2.25. The summed E-state index contributed by atoms with van der Waals surface area (Å²) in [7, 11) is 1.73. The molecule has 0 fully saturated rings. The number of benzene rings is 1. The summed E-state index contributed by atoms with van der Waals surface area (Å²) in [6, 6.07) is 7.55. The first-order chi connectivity index (χ1) is 7.97. The van der Waals surface area contributed by atoms with Crippen LogP contribution in [0.15, 0.2) is 28.7 Å². The van der Waals surface area contributed by atoms with Gasteiger partial charge in [-0.25, -0.2) is 0 Å². The van der Waals surface area contributed by atoms with Gasteiger partial charge in [0.2, 0.25) is 5.91 Å². The SMILES string of the molecule is CC(C)C(CO)C(=O)N(C)c1cccc(Br)c1. The van der Waals surface area contributed by atoms with Gasteiger partial charge in [-0.1, -0.05) is 35.8 Å². The maximum atomic E-state index is 12.2. The second kappa shape index (κ2) is 6.17. The van der Waals surface area contributed by atoms with E-state index in [0.717, 1.165) is 10.2 Å². The van der Waals surface area contributed by atoms with Crippen molar-refractivity contribution in [3.05, 3.63) is 28.7 Å². The van der Waals surface area contributed by atoms with Gasteiger partial charge in [-0.15, -0.1) is 0 Å². The van der Waals surface area contributed by atoms with Crippen molar-refractivity contribution in [2.45, 2.75) is 13.8 Å². The van der Waals surface area contributed by atoms with Crippen molar-refractivity contribution >= 4 is 27.5 Å². The van der Waals surface area contributed by atoms with Gasteiger partial charge in [0.15, 0.2) is 0 Å². The molecule has 0 bridgehead atoms. The highest BCUT2D eigenvalue weighted by atomic mass is 79.9. The third kappa shape index (κ3) is 3.54. The lowest BCUT2D eigenvalue weighted by molar-refractivity contribution is -0.124. The average molecular weight is 300 g/mol. The number of carbonyl (C=O) groups excluding carboxylic acids is 1. The molecule has 0 saturated heterocycles. The fraction of sp³-hybridized carbons (Fsp3) is 0.462. The summed E-state index contributed by atoms with van der Waals surface area (Å²) in [4.78, 5) is 13.8. The molecular formula is C13H18BrNO2. The fourth-order valence-corrected chi connectivity index (χ4v) is 2.02. The average Bonchev–Trinajstić information content (AvgIpc) is 2.28. The van der Waals surface area contributed by atoms with Gasteiger partial charge >= 0.3 is 0 Å². The standard InChI is InChI=1S/C13H18BrNO2/c1-9(2)12(8-16)13(17)15(3)11-6-4-5-10(14)7-11/h4-7,9,12,16H,8H2,1-3H3. The molecule has 1 amide bonds. The van der Waals surface area contributed by atoms with Crippen LogP contribution < -0.4 is 4.90 Å². The lowest BCUT2D eigenvalue weighted by Crippen LogP contribution is -2.37. The van der Waals surface area contributed by atoms with Crippen molar-refractivity contribution < 1.29 is 9.90 Å². The van der Waals surface area contributed by atoms with Gasteiger partial charge < -0.3 is 10.0 Å². The van der Waals surface area contributed by atoms with Crippen LogP contribution in [0.25, 0.3) is 0 Å². The Kier molecular flexibility index (Phi) is 5.15. The summed E-state index contributed by atoms with van der Waals surface area (Å²) in [5.41, 5.74) is 0.823. The molecule has 0 aliphatic rings. The molecule has 0 heterocycles. The Morgan fingerprint density at radius 1 is 1.47 bits per heavy atom. The van der Waals surface area contributed by atoms with Gasteiger partial charge in [0.05, 0.1) is 12.5 Å². The third-order valence-electron chi connectivity index (χ3n) is 2.84. The zero-order valence-corrected chi connectivity index (χ0v) is 11.9. The summed E-state index contributed by atoms with van der Waals surface area (Å²) >= 11 is 3.38. The number of anilines is 1. The molecule has 0 saturated carbocycles. The molecule has 4 heteroatoms. The van der Waals surface area contributed by atoms with Gasteiger partial charge in [-0.05, 0) is 24.1 Å². The van der Waals surface area contributed by atoms with E-state index in [1.807, 2.05) is 38.1 Å². The number of rotatable bonds is 4. The van der Waals surface area contributed by atoms with E-state index in [1.54, 1.807) is 11.9 Å². The van der Waals surface area contributed by atoms with Crippen LogP contribution in [-0.2, 0) is 4.79 Å². The second-order valence-electron chi connectivity index (χ2n) is 4.41. The van der Waals surface area contributed by atoms with Gasteiger partial charge in [-0.3, -0.25) is 4.79 Å². The Labute approximate surface area is 111 Å². The topological polar surface area (TPSA) is 40.5 Å². The maximum absolute atomic E-state index is 12.2. The molecule has 1 atom stereocenters. The van der Waals surface area contributed by atoms with Crippen LogP contribution in [0.2, 0.25) is 0 Å². The van der Waals surface area contributed by atoms with Gasteiger partial charge in [-0.2, -0.15) is 0 Å². The number of aliphatic hydroxyl groups excluding tert-OH is 1. The van der Waals surface area contributed by atoms with Crippen LogP contribution in [-0.4, -0.2) is 24.7 Å². The van der Waals surface area contributed by atoms with Crippen molar-refractivity contribution in [3.63, 3.8) is 0 Å². The van der Waals surface area contributed by atoms with Crippen LogP contribution in [0.4, 0.5) is 5.69 Å². The van der Waals surface area contributed by atoms with E-state index in [0.29, 0.717) is 0 Å². The van der Waals surface area contributed by atoms with Crippen molar-refractivity contribution in [1.82, 2.24) is 0 Å². The molecule has 1 unspecified atom stereocenters. The molecule has 94 valence electrons. The molecule has 1 aromatic rings. The number of hydrogen-bond donors (Lipinski definition) is 1. The molecule has 17 heavy (non-hydrogen) atoms. The van der Waals surface area contributed by atoms with Crippen LogP contribution >= 0.6 is 15.9 Å². The van der Waals surface area contributed by atoms with Gasteiger partial charge in [0.25, 0.3) is 0 Å². The normalized spacial score (nSPS) is 12.6. The van der Waals surface area contributed by atoms with Crippen LogP contribution in [0, 0.1) is 11.8 Å². The van der Waals surface area contributed by atoms with Crippen LogP contribution in [0.3, 0.4) is 0 Å². The summed E-state index contributed by atoms with van der Waals surface area (Å²) in [5.74, 6) is -0.276. The van der Waals surface area contributed by atoms with Crippen molar-refractivity contribution in [3.8, 4) is 0 Å². The Morgan fingerprint density at radius 2 is 2.12 bits per heavy atom. The zero-order valence-electron chi connectivity index (χ0n) is 10.4. The Hall–Kier alpha value is -0.870. The molecule has 0 aliphatic carbocycles. The summed E-state index contributed by atoms with van der Waals surface area (Å²) in [5, 5.41) is 9.26. The lowest BCUT2D eigenvalue weighted by Gasteiger charge is -2.25. The van der Waals surface area contributed by atoms with E-state index >= 15 is 0 Å². The van der Waals surface area contributed by atoms with E-state index in [1.165, 1.54) is 0 Å². The van der Waals surface area contributed by atoms with Crippen LogP contribution in [0.5, 0.6) is 0 Å². The van der Waals surface area contributed by atoms with E-state index in [4.69, 9.17) is 0 Å². The van der Waals surface area contributed by atoms with Gasteiger partial charge in [0.1, 0.15) is 0 Å². The fourth-order valence-electron chi connectivity index (χ4n) is 1.63. The Balaban J connectivity index is 2.89. The predicted molar refractivity (Wildman–Crippen MR) is 73.0 cm³/mol. The second-order valence-corrected chi connectivity index (χ2v) is 5.33. The molecule has 1 rings (SSSR count). The molecule has 0 radical (unpaired) electrons. The minimum atomic E-state index is -0.348.